The van der Waals surface area contributed by atoms with E-state index in [0.717, 1.165) is 32.1 Å². The van der Waals surface area contributed by atoms with E-state index in [1.807, 2.05) is 0 Å². The van der Waals surface area contributed by atoms with E-state index in [9.17, 15) is 9.59 Å². The van der Waals surface area contributed by atoms with Gasteiger partial charge in [-0.15, -0.1) is 0 Å². The smallest absolute Gasteiger partial charge is 0.236 e. The average Bonchev–Trinajstić information content (AvgIpc) is 2.62. The number of carbonyl (C=O) groups excluding carboxylic acids is 2. The van der Waals surface area contributed by atoms with E-state index in [1.54, 1.807) is 7.11 Å². The molecule has 0 bridgehead atoms. The maximum absolute atomic E-state index is 12.7. The van der Waals surface area contributed by atoms with Crippen LogP contribution < -0.4 is 0 Å². The van der Waals surface area contributed by atoms with E-state index >= 15 is 0 Å². The van der Waals surface area contributed by atoms with Crippen molar-refractivity contribution in [2.75, 3.05) is 20.3 Å². The molecule has 0 aromatic carbocycles. The summed E-state index contributed by atoms with van der Waals surface area (Å²) < 4.78 is 5.08. The van der Waals surface area contributed by atoms with Gasteiger partial charge in [0.2, 0.25) is 11.8 Å². The van der Waals surface area contributed by atoms with Gasteiger partial charge in [0.05, 0.1) is 18.1 Å². The largest absolute Gasteiger partial charge is 0.396 e. The lowest BCUT2D eigenvalue weighted by atomic mass is 9.73. The van der Waals surface area contributed by atoms with Gasteiger partial charge < -0.3 is 9.84 Å². The Hall–Kier alpha value is -0.940. The Morgan fingerprint density at radius 3 is 2.58 bits per heavy atom. The minimum atomic E-state index is -0.448. The zero-order chi connectivity index (χ0) is 13.9. The van der Waals surface area contributed by atoms with Crippen LogP contribution in [0.5, 0.6) is 0 Å². The van der Waals surface area contributed by atoms with Gasteiger partial charge in [0, 0.05) is 20.1 Å². The molecule has 1 aliphatic heterocycles. The lowest BCUT2D eigenvalue weighted by molar-refractivity contribution is -0.146. The number of aliphatic hydroxyl groups excluding tert-OH is 1. The molecule has 0 radical (unpaired) electrons. The van der Waals surface area contributed by atoms with Crippen molar-refractivity contribution in [3.8, 4) is 0 Å². The van der Waals surface area contributed by atoms with E-state index in [-0.39, 0.29) is 24.5 Å². The summed E-state index contributed by atoms with van der Waals surface area (Å²) in [6.07, 6.45) is 5.60. The molecule has 5 nitrogen and oxygen atoms in total. The predicted molar refractivity (Wildman–Crippen MR) is 69.4 cm³/mol. The standard InChI is InChI=1S/C14H23NO4/c1-19-10-11(5-8-16)15-12(17)9-14(13(15)18)6-3-2-4-7-14/h11,16H,2-10H2,1H3. The molecule has 5 heteroatoms. The number of hydrogen-bond donors (Lipinski definition) is 1. The van der Waals surface area contributed by atoms with Gasteiger partial charge in [0.15, 0.2) is 0 Å². The van der Waals surface area contributed by atoms with Crippen LogP contribution in [0.3, 0.4) is 0 Å². The minimum absolute atomic E-state index is 0.0345. The number of methoxy groups -OCH3 is 1. The highest BCUT2D eigenvalue weighted by molar-refractivity contribution is 6.06. The third-order valence-electron chi connectivity index (χ3n) is 4.43. The fourth-order valence-corrected chi connectivity index (χ4v) is 3.44. The van der Waals surface area contributed by atoms with Crippen molar-refractivity contribution in [3.05, 3.63) is 0 Å². The van der Waals surface area contributed by atoms with E-state index in [2.05, 4.69) is 0 Å². The first-order valence-electron chi connectivity index (χ1n) is 7.11. The second-order valence-corrected chi connectivity index (χ2v) is 5.71. The molecular weight excluding hydrogens is 246 g/mol. The van der Waals surface area contributed by atoms with Crippen LogP contribution >= 0.6 is 0 Å². The summed E-state index contributed by atoms with van der Waals surface area (Å²) in [6, 6.07) is -0.323. The average molecular weight is 269 g/mol. The molecule has 1 heterocycles. The van der Waals surface area contributed by atoms with Crippen LogP contribution in [0, 0.1) is 5.41 Å². The molecule has 1 spiro atoms. The van der Waals surface area contributed by atoms with E-state index in [0.29, 0.717) is 19.4 Å². The van der Waals surface area contributed by atoms with Gasteiger partial charge in [-0.1, -0.05) is 19.3 Å². The van der Waals surface area contributed by atoms with Crippen molar-refractivity contribution in [1.82, 2.24) is 4.90 Å². The van der Waals surface area contributed by atoms with Crippen LogP contribution in [-0.2, 0) is 14.3 Å². The second-order valence-electron chi connectivity index (χ2n) is 5.71. The van der Waals surface area contributed by atoms with Crippen molar-refractivity contribution in [1.29, 1.82) is 0 Å². The molecule has 2 amide bonds. The lowest BCUT2D eigenvalue weighted by Gasteiger charge is -2.32. The van der Waals surface area contributed by atoms with Crippen molar-refractivity contribution in [2.45, 2.75) is 51.0 Å². The van der Waals surface area contributed by atoms with E-state index in [1.165, 1.54) is 4.90 Å². The maximum Gasteiger partial charge on any atom is 0.236 e. The van der Waals surface area contributed by atoms with Crippen LogP contribution in [0.2, 0.25) is 0 Å². The van der Waals surface area contributed by atoms with Crippen LogP contribution in [0.25, 0.3) is 0 Å². The normalized spacial score (nSPS) is 24.2. The fourth-order valence-electron chi connectivity index (χ4n) is 3.44. The summed E-state index contributed by atoms with van der Waals surface area (Å²) in [4.78, 5) is 26.2. The van der Waals surface area contributed by atoms with Gasteiger partial charge in [-0.05, 0) is 19.3 Å². The van der Waals surface area contributed by atoms with Gasteiger partial charge >= 0.3 is 0 Å². The third-order valence-corrected chi connectivity index (χ3v) is 4.43. The van der Waals surface area contributed by atoms with Crippen molar-refractivity contribution in [3.63, 3.8) is 0 Å². The van der Waals surface area contributed by atoms with Gasteiger partial charge in [-0.2, -0.15) is 0 Å². The first-order valence-corrected chi connectivity index (χ1v) is 7.11. The third kappa shape index (κ3) is 2.67. The van der Waals surface area contributed by atoms with Gasteiger partial charge in [0.1, 0.15) is 0 Å². The Labute approximate surface area is 113 Å². The highest BCUT2D eigenvalue weighted by atomic mass is 16.5. The number of imide groups is 1. The number of nitrogens with zero attached hydrogens (tertiary/aromatic N) is 1. The summed E-state index contributed by atoms with van der Waals surface area (Å²) in [5.41, 5.74) is -0.448. The number of hydrogen-bond acceptors (Lipinski definition) is 4. The summed E-state index contributed by atoms with van der Waals surface area (Å²) in [6.45, 7) is 0.256. The summed E-state index contributed by atoms with van der Waals surface area (Å²) in [5.74, 6) is -0.130. The molecule has 2 fully saturated rings. The summed E-state index contributed by atoms with van der Waals surface area (Å²) in [5, 5.41) is 9.09. The number of ether oxygens (including phenoxy) is 1. The molecule has 108 valence electrons. The van der Waals surface area contributed by atoms with Gasteiger partial charge in [-0.3, -0.25) is 14.5 Å². The molecule has 1 N–H and O–H groups in total. The van der Waals surface area contributed by atoms with Crippen LogP contribution in [-0.4, -0.2) is 48.2 Å². The van der Waals surface area contributed by atoms with Gasteiger partial charge in [-0.25, -0.2) is 0 Å². The minimum Gasteiger partial charge on any atom is -0.396 e. The summed E-state index contributed by atoms with van der Waals surface area (Å²) in [7, 11) is 1.55. The molecule has 0 aromatic rings. The van der Waals surface area contributed by atoms with Crippen molar-refractivity contribution >= 4 is 11.8 Å². The first kappa shape index (κ1) is 14.5. The van der Waals surface area contributed by atoms with Crippen molar-refractivity contribution < 1.29 is 19.4 Å². The van der Waals surface area contributed by atoms with Crippen LogP contribution in [0.1, 0.15) is 44.9 Å². The molecule has 2 rings (SSSR count). The van der Waals surface area contributed by atoms with Crippen LogP contribution in [0.4, 0.5) is 0 Å². The Morgan fingerprint density at radius 1 is 1.32 bits per heavy atom. The zero-order valence-corrected chi connectivity index (χ0v) is 11.6. The predicted octanol–water partition coefficient (Wildman–Crippen LogP) is 1.09. The monoisotopic (exact) mass is 269 g/mol. The Morgan fingerprint density at radius 2 is 2.00 bits per heavy atom. The molecule has 2 aliphatic rings. The van der Waals surface area contributed by atoms with Crippen LogP contribution in [0.15, 0.2) is 0 Å². The second kappa shape index (κ2) is 6.01. The first-order chi connectivity index (χ1) is 9.14. The number of aliphatic hydroxyl groups is 1. The molecular formula is C14H23NO4. The number of likely N-dealkylation sites (tertiary alicyclic amines) is 1. The van der Waals surface area contributed by atoms with E-state index < -0.39 is 5.41 Å². The molecule has 1 saturated heterocycles. The van der Waals surface area contributed by atoms with E-state index in [4.69, 9.17) is 9.84 Å². The van der Waals surface area contributed by atoms with Crippen molar-refractivity contribution in [2.24, 2.45) is 5.41 Å². The quantitative estimate of drug-likeness (QED) is 0.759. The molecule has 1 unspecified atom stereocenters. The van der Waals surface area contributed by atoms with Gasteiger partial charge in [0.25, 0.3) is 0 Å². The lowest BCUT2D eigenvalue weighted by Crippen LogP contribution is -2.45. The summed E-state index contributed by atoms with van der Waals surface area (Å²) >= 11 is 0. The highest BCUT2D eigenvalue weighted by Gasteiger charge is 2.53. The molecule has 1 atom stereocenters. The molecule has 1 aliphatic carbocycles. The topological polar surface area (TPSA) is 66.8 Å². The Kier molecular flexibility index (Phi) is 4.58. The highest BCUT2D eigenvalue weighted by Crippen LogP contribution is 2.46. The molecule has 19 heavy (non-hydrogen) atoms. The SMILES string of the molecule is COCC(CCO)N1C(=O)CC2(CCCCC2)C1=O. The maximum atomic E-state index is 12.7. The number of rotatable bonds is 5. The Balaban J connectivity index is 2.16. The number of amides is 2. The Bertz CT molecular complexity index is 343. The molecule has 0 aromatic heterocycles. The zero-order valence-electron chi connectivity index (χ0n) is 11.6. The molecule has 1 saturated carbocycles. The fraction of sp³-hybridized carbons (Fsp3) is 0.857. The number of carbonyl (C=O) groups is 2.